The van der Waals surface area contributed by atoms with E-state index in [1.807, 2.05) is 20.8 Å². The van der Waals surface area contributed by atoms with Crippen molar-refractivity contribution in [3.05, 3.63) is 23.4 Å². The van der Waals surface area contributed by atoms with Gasteiger partial charge in [-0.05, 0) is 32.9 Å². The Bertz CT molecular complexity index is 333. The molecule has 4 heteroatoms. The average Bonchev–Trinajstić information content (AvgIpc) is 2.02. The van der Waals surface area contributed by atoms with E-state index in [4.69, 9.17) is 11.6 Å². The van der Waals surface area contributed by atoms with Gasteiger partial charge in [0.1, 0.15) is 11.0 Å². The van der Waals surface area contributed by atoms with Crippen LogP contribution in [0.1, 0.15) is 20.8 Å². The maximum Gasteiger partial charge on any atom is 0.215 e. The van der Waals surface area contributed by atoms with Gasteiger partial charge >= 0.3 is 0 Å². The lowest BCUT2D eigenvalue weighted by molar-refractivity contribution is -0.108. The van der Waals surface area contributed by atoms with Gasteiger partial charge in [-0.2, -0.15) is 0 Å². The summed E-state index contributed by atoms with van der Waals surface area (Å²) >= 11 is 5.74. The Morgan fingerprint density at radius 2 is 2.07 bits per heavy atom. The zero-order valence-electron chi connectivity index (χ0n) is 8.49. The summed E-state index contributed by atoms with van der Waals surface area (Å²) in [5.74, 6) is 0.569. The molecule has 0 aliphatic heterocycles. The molecule has 0 aliphatic carbocycles. The van der Waals surface area contributed by atoms with Gasteiger partial charge in [-0.1, -0.05) is 17.7 Å². The molecular weight excluding hydrogens is 200 g/mol. The van der Waals surface area contributed by atoms with Crippen molar-refractivity contribution < 1.29 is 4.79 Å². The third-order valence-corrected chi connectivity index (χ3v) is 1.99. The molecule has 0 aromatic carbocycles. The second kappa shape index (κ2) is 3.96. The predicted molar refractivity (Wildman–Crippen MR) is 57.5 cm³/mol. The van der Waals surface area contributed by atoms with E-state index in [9.17, 15) is 4.79 Å². The van der Waals surface area contributed by atoms with Crippen LogP contribution in [0.2, 0.25) is 5.15 Å². The Hall–Kier alpha value is -1.09. The third-order valence-electron chi connectivity index (χ3n) is 1.78. The van der Waals surface area contributed by atoms with Gasteiger partial charge in [0.15, 0.2) is 0 Å². The molecule has 0 atom stereocenters. The van der Waals surface area contributed by atoms with Gasteiger partial charge < -0.3 is 0 Å². The van der Waals surface area contributed by atoms with E-state index in [-0.39, 0.29) is 5.54 Å². The van der Waals surface area contributed by atoms with Crippen molar-refractivity contribution >= 4 is 23.8 Å². The number of pyridine rings is 1. The lowest BCUT2D eigenvalue weighted by Gasteiger charge is -2.31. The Balaban J connectivity index is 3.07. The quantitative estimate of drug-likeness (QED) is 0.558. The normalized spacial score (nSPS) is 11.1. The minimum Gasteiger partial charge on any atom is -0.294 e. The van der Waals surface area contributed by atoms with E-state index in [0.717, 1.165) is 6.41 Å². The first-order valence-corrected chi connectivity index (χ1v) is 4.70. The molecule has 3 nitrogen and oxygen atoms in total. The molecule has 0 saturated carbocycles. The van der Waals surface area contributed by atoms with Crippen LogP contribution in [-0.4, -0.2) is 16.9 Å². The largest absolute Gasteiger partial charge is 0.294 e. The fraction of sp³-hybridized carbons (Fsp3) is 0.400. The number of rotatable bonds is 2. The zero-order valence-corrected chi connectivity index (χ0v) is 9.25. The summed E-state index contributed by atoms with van der Waals surface area (Å²) in [5.41, 5.74) is -0.292. The molecule has 1 amide bonds. The summed E-state index contributed by atoms with van der Waals surface area (Å²) in [6.07, 6.45) is 0.763. The summed E-state index contributed by atoms with van der Waals surface area (Å²) in [4.78, 5) is 16.5. The van der Waals surface area contributed by atoms with E-state index in [1.54, 1.807) is 23.1 Å². The van der Waals surface area contributed by atoms with Crippen molar-refractivity contribution in [2.24, 2.45) is 0 Å². The van der Waals surface area contributed by atoms with Crippen molar-refractivity contribution in [2.75, 3.05) is 4.90 Å². The summed E-state index contributed by atoms with van der Waals surface area (Å²) in [6.45, 7) is 5.80. The molecule has 1 rings (SSSR count). The van der Waals surface area contributed by atoms with Crippen LogP contribution in [0.15, 0.2) is 18.2 Å². The van der Waals surface area contributed by atoms with Crippen LogP contribution in [0.3, 0.4) is 0 Å². The molecule has 0 radical (unpaired) electrons. The van der Waals surface area contributed by atoms with E-state index in [2.05, 4.69) is 4.98 Å². The van der Waals surface area contributed by atoms with Crippen molar-refractivity contribution in [3.63, 3.8) is 0 Å². The predicted octanol–water partition coefficient (Wildman–Crippen LogP) is 2.50. The van der Waals surface area contributed by atoms with Crippen LogP contribution >= 0.6 is 11.6 Å². The maximum absolute atomic E-state index is 10.9. The number of carbonyl (C=O) groups excluding carboxylic acids is 1. The highest BCUT2D eigenvalue weighted by molar-refractivity contribution is 6.29. The lowest BCUT2D eigenvalue weighted by Crippen LogP contribution is -2.40. The molecule has 1 heterocycles. The van der Waals surface area contributed by atoms with Crippen LogP contribution in [0.25, 0.3) is 0 Å². The first-order chi connectivity index (χ1) is 6.45. The van der Waals surface area contributed by atoms with Gasteiger partial charge in [-0.15, -0.1) is 0 Å². The molecule has 0 N–H and O–H groups in total. The molecule has 0 unspecified atom stereocenters. The van der Waals surface area contributed by atoms with Crippen LogP contribution in [0.5, 0.6) is 0 Å². The number of nitrogens with zero attached hydrogens (tertiary/aromatic N) is 2. The Kier molecular flexibility index (Phi) is 3.11. The Morgan fingerprint density at radius 3 is 2.50 bits per heavy atom. The maximum atomic E-state index is 10.9. The van der Waals surface area contributed by atoms with Crippen molar-refractivity contribution in [3.8, 4) is 0 Å². The molecule has 0 aliphatic rings. The number of aromatic nitrogens is 1. The average molecular weight is 213 g/mol. The molecule has 1 aromatic rings. The van der Waals surface area contributed by atoms with Gasteiger partial charge in [-0.25, -0.2) is 4.98 Å². The highest BCUT2D eigenvalue weighted by atomic mass is 35.5. The zero-order chi connectivity index (χ0) is 10.8. The highest BCUT2D eigenvalue weighted by Gasteiger charge is 2.22. The third kappa shape index (κ3) is 2.45. The molecule has 14 heavy (non-hydrogen) atoms. The SMILES string of the molecule is CC(C)(C)N(C=O)c1cccc(Cl)n1. The van der Waals surface area contributed by atoms with Gasteiger partial charge in [0.05, 0.1) is 0 Å². The second-order valence-corrected chi connectivity index (χ2v) is 4.35. The monoisotopic (exact) mass is 212 g/mol. The van der Waals surface area contributed by atoms with Crippen molar-refractivity contribution in [2.45, 2.75) is 26.3 Å². The summed E-state index contributed by atoms with van der Waals surface area (Å²) < 4.78 is 0. The van der Waals surface area contributed by atoms with Crippen molar-refractivity contribution in [1.82, 2.24) is 4.98 Å². The summed E-state index contributed by atoms with van der Waals surface area (Å²) in [5, 5.41) is 0.388. The number of halogens is 1. The molecule has 0 saturated heterocycles. The van der Waals surface area contributed by atoms with E-state index in [1.165, 1.54) is 0 Å². The van der Waals surface area contributed by atoms with E-state index in [0.29, 0.717) is 11.0 Å². The van der Waals surface area contributed by atoms with Gasteiger partial charge in [-0.3, -0.25) is 9.69 Å². The minimum absolute atomic E-state index is 0.292. The Morgan fingerprint density at radius 1 is 1.43 bits per heavy atom. The molecule has 0 bridgehead atoms. The lowest BCUT2D eigenvalue weighted by atomic mass is 10.1. The number of hydrogen-bond acceptors (Lipinski definition) is 2. The van der Waals surface area contributed by atoms with Crippen LogP contribution < -0.4 is 4.90 Å². The molecule has 1 aromatic heterocycles. The standard InChI is InChI=1S/C10H13ClN2O/c1-10(2,3)13(7-14)9-6-4-5-8(11)12-9/h4-7H,1-3H3. The van der Waals surface area contributed by atoms with E-state index < -0.39 is 0 Å². The van der Waals surface area contributed by atoms with Crippen molar-refractivity contribution in [1.29, 1.82) is 0 Å². The minimum atomic E-state index is -0.292. The van der Waals surface area contributed by atoms with E-state index >= 15 is 0 Å². The number of anilines is 1. The first-order valence-electron chi connectivity index (χ1n) is 4.32. The molecule has 0 spiro atoms. The smallest absolute Gasteiger partial charge is 0.215 e. The van der Waals surface area contributed by atoms with Gasteiger partial charge in [0.25, 0.3) is 0 Å². The first kappa shape index (κ1) is 11.0. The molecule has 0 fully saturated rings. The number of carbonyl (C=O) groups is 1. The van der Waals surface area contributed by atoms with Crippen LogP contribution in [0.4, 0.5) is 5.82 Å². The summed E-state index contributed by atoms with van der Waals surface area (Å²) in [7, 11) is 0. The fourth-order valence-corrected chi connectivity index (χ4v) is 1.25. The second-order valence-electron chi connectivity index (χ2n) is 3.96. The van der Waals surface area contributed by atoms with Gasteiger partial charge in [0.2, 0.25) is 6.41 Å². The topological polar surface area (TPSA) is 33.2 Å². The van der Waals surface area contributed by atoms with Crippen LogP contribution in [-0.2, 0) is 4.79 Å². The highest BCUT2D eigenvalue weighted by Crippen LogP contribution is 2.21. The molecule has 76 valence electrons. The van der Waals surface area contributed by atoms with Crippen LogP contribution in [0, 0.1) is 0 Å². The number of amides is 1. The summed E-state index contributed by atoms with van der Waals surface area (Å²) in [6, 6.07) is 5.20. The van der Waals surface area contributed by atoms with Gasteiger partial charge in [0, 0.05) is 5.54 Å². The Labute approximate surface area is 88.7 Å². The number of hydrogen-bond donors (Lipinski definition) is 0. The fourth-order valence-electron chi connectivity index (χ4n) is 1.09. The molecular formula is C10H13ClN2O.